The summed E-state index contributed by atoms with van der Waals surface area (Å²) in [5.74, 6) is 0. The first kappa shape index (κ1) is 17.2. The van der Waals surface area contributed by atoms with E-state index in [0.29, 0.717) is 10.9 Å². The lowest BCUT2D eigenvalue weighted by atomic mass is 10.1. The van der Waals surface area contributed by atoms with Crippen molar-refractivity contribution in [3.8, 4) is 0 Å². The maximum Gasteiger partial charge on any atom is 0.0720 e. The standard InChI is InChI=1S/C16H24Br2O/c1-2-3-9-16(12-15(18)10-11-17)19-13-14-7-5-4-6-8-14/h4-8,15-16H,2-3,9-13H2,1H3. The molecule has 0 aliphatic heterocycles. The largest absolute Gasteiger partial charge is 0.374 e. The van der Waals surface area contributed by atoms with Crippen molar-refractivity contribution in [1.29, 1.82) is 0 Å². The normalized spacial score (nSPS) is 14.3. The van der Waals surface area contributed by atoms with E-state index in [9.17, 15) is 0 Å². The molecule has 0 aromatic heterocycles. The third-order valence-electron chi connectivity index (χ3n) is 3.15. The Bertz CT molecular complexity index is 316. The van der Waals surface area contributed by atoms with E-state index in [2.05, 4.69) is 63.0 Å². The van der Waals surface area contributed by atoms with Gasteiger partial charge in [-0.15, -0.1) is 0 Å². The van der Waals surface area contributed by atoms with Crippen LogP contribution in [0, 0.1) is 0 Å². The Morgan fingerprint density at radius 1 is 1.16 bits per heavy atom. The summed E-state index contributed by atoms with van der Waals surface area (Å²) in [6.07, 6.45) is 6.25. The summed E-state index contributed by atoms with van der Waals surface area (Å²) in [6.45, 7) is 2.96. The SMILES string of the molecule is CCCCC(CC(Br)CCBr)OCc1ccccc1. The second-order valence-corrected chi connectivity index (χ2v) is 6.96. The van der Waals surface area contributed by atoms with Crippen LogP contribution in [-0.2, 0) is 11.3 Å². The highest BCUT2D eigenvalue weighted by molar-refractivity contribution is 9.10. The van der Waals surface area contributed by atoms with Gasteiger partial charge in [-0.3, -0.25) is 0 Å². The molecular weight excluding hydrogens is 368 g/mol. The molecule has 0 bridgehead atoms. The number of alkyl halides is 2. The van der Waals surface area contributed by atoms with Gasteiger partial charge in [0.15, 0.2) is 0 Å². The second kappa shape index (κ2) is 10.9. The Balaban J connectivity index is 2.40. The van der Waals surface area contributed by atoms with Crippen molar-refractivity contribution in [2.75, 3.05) is 5.33 Å². The van der Waals surface area contributed by atoms with Gasteiger partial charge in [-0.05, 0) is 24.8 Å². The van der Waals surface area contributed by atoms with Gasteiger partial charge in [-0.2, -0.15) is 0 Å². The lowest BCUT2D eigenvalue weighted by molar-refractivity contribution is 0.0281. The molecule has 2 atom stereocenters. The smallest absolute Gasteiger partial charge is 0.0720 e. The summed E-state index contributed by atoms with van der Waals surface area (Å²) >= 11 is 7.24. The van der Waals surface area contributed by atoms with Crippen LogP contribution in [0.3, 0.4) is 0 Å². The van der Waals surface area contributed by atoms with Crippen molar-refractivity contribution in [3.05, 3.63) is 35.9 Å². The average Bonchev–Trinajstić information content (AvgIpc) is 2.43. The van der Waals surface area contributed by atoms with Crippen LogP contribution in [0.4, 0.5) is 0 Å². The van der Waals surface area contributed by atoms with Gasteiger partial charge >= 0.3 is 0 Å². The minimum atomic E-state index is 0.364. The molecule has 0 fully saturated rings. The highest BCUT2D eigenvalue weighted by atomic mass is 79.9. The highest BCUT2D eigenvalue weighted by Gasteiger charge is 2.14. The first-order valence-electron chi connectivity index (χ1n) is 7.11. The molecule has 3 heteroatoms. The predicted molar refractivity (Wildman–Crippen MR) is 90.3 cm³/mol. The molecule has 1 rings (SSSR count). The molecule has 0 radical (unpaired) electrons. The molecule has 0 saturated heterocycles. The maximum atomic E-state index is 6.10. The van der Waals surface area contributed by atoms with E-state index in [1.165, 1.54) is 18.4 Å². The molecule has 0 N–H and O–H groups in total. The Kier molecular flexibility index (Phi) is 9.84. The molecule has 0 amide bonds. The monoisotopic (exact) mass is 390 g/mol. The van der Waals surface area contributed by atoms with E-state index >= 15 is 0 Å². The van der Waals surface area contributed by atoms with Crippen molar-refractivity contribution >= 4 is 31.9 Å². The number of hydrogen-bond donors (Lipinski definition) is 0. The lowest BCUT2D eigenvalue weighted by Gasteiger charge is -2.20. The molecule has 0 saturated carbocycles. The van der Waals surface area contributed by atoms with Crippen molar-refractivity contribution in [2.24, 2.45) is 0 Å². The second-order valence-electron chi connectivity index (χ2n) is 4.87. The van der Waals surface area contributed by atoms with Gasteiger partial charge in [0.25, 0.3) is 0 Å². The van der Waals surface area contributed by atoms with Gasteiger partial charge in [0.1, 0.15) is 0 Å². The number of hydrogen-bond acceptors (Lipinski definition) is 1. The molecule has 1 aromatic rings. The van der Waals surface area contributed by atoms with E-state index in [1.54, 1.807) is 0 Å². The first-order valence-corrected chi connectivity index (χ1v) is 9.15. The molecule has 108 valence electrons. The Morgan fingerprint density at radius 2 is 1.89 bits per heavy atom. The fourth-order valence-corrected chi connectivity index (χ4v) is 3.82. The fraction of sp³-hybridized carbons (Fsp3) is 0.625. The number of halogens is 2. The first-order chi connectivity index (χ1) is 9.26. The van der Waals surface area contributed by atoms with Gasteiger partial charge in [-0.25, -0.2) is 0 Å². The zero-order valence-electron chi connectivity index (χ0n) is 11.7. The van der Waals surface area contributed by atoms with Crippen LogP contribution in [0.1, 0.15) is 44.6 Å². The summed E-state index contributed by atoms with van der Waals surface area (Å²) in [4.78, 5) is 0.546. The summed E-state index contributed by atoms with van der Waals surface area (Å²) in [5.41, 5.74) is 1.26. The summed E-state index contributed by atoms with van der Waals surface area (Å²) < 4.78 is 6.10. The van der Waals surface area contributed by atoms with Gasteiger partial charge in [0.05, 0.1) is 12.7 Å². The molecule has 0 spiro atoms. The van der Waals surface area contributed by atoms with Crippen molar-refractivity contribution < 1.29 is 4.74 Å². The topological polar surface area (TPSA) is 9.23 Å². The molecule has 2 unspecified atom stereocenters. The maximum absolute atomic E-state index is 6.10. The summed E-state index contributed by atoms with van der Waals surface area (Å²) in [6, 6.07) is 10.4. The van der Waals surface area contributed by atoms with E-state index in [4.69, 9.17) is 4.74 Å². The number of ether oxygens (including phenoxy) is 1. The lowest BCUT2D eigenvalue weighted by Crippen LogP contribution is -2.18. The molecule has 1 aromatic carbocycles. The summed E-state index contributed by atoms with van der Waals surface area (Å²) in [5, 5.41) is 1.04. The predicted octanol–water partition coefficient (Wildman–Crippen LogP) is 5.70. The minimum absolute atomic E-state index is 0.364. The average molecular weight is 392 g/mol. The molecule has 0 heterocycles. The third kappa shape index (κ3) is 8.11. The third-order valence-corrected chi connectivity index (χ3v) is 4.44. The van der Waals surface area contributed by atoms with Crippen LogP contribution in [0.2, 0.25) is 0 Å². The van der Waals surface area contributed by atoms with Gasteiger partial charge in [0.2, 0.25) is 0 Å². The van der Waals surface area contributed by atoms with Crippen molar-refractivity contribution in [3.63, 3.8) is 0 Å². The van der Waals surface area contributed by atoms with Crippen LogP contribution in [0.25, 0.3) is 0 Å². The van der Waals surface area contributed by atoms with Gasteiger partial charge in [-0.1, -0.05) is 82.0 Å². The van der Waals surface area contributed by atoms with E-state index in [1.807, 2.05) is 6.07 Å². The molecule has 0 aliphatic rings. The number of unbranched alkanes of at least 4 members (excludes halogenated alkanes) is 1. The van der Waals surface area contributed by atoms with Crippen LogP contribution in [0.5, 0.6) is 0 Å². The quantitative estimate of drug-likeness (QED) is 0.464. The van der Waals surface area contributed by atoms with Crippen molar-refractivity contribution in [2.45, 2.75) is 56.6 Å². The number of rotatable bonds is 10. The van der Waals surface area contributed by atoms with Crippen molar-refractivity contribution in [1.82, 2.24) is 0 Å². The van der Waals surface area contributed by atoms with E-state index < -0.39 is 0 Å². The van der Waals surface area contributed by atoms with Crippen LogP contribution in [-0.4, -0.2) is 16.3 Å². The Hall–Kier alpha value is 0.140. The van der Waals surface area contributed by atoms with Gasteiger partial charge < -0.3 is 4.74 Å². The Labute approximate surface area is 134 Å². The molecule has 1 nitrogen and oxygen atoms in total. The number of benzene rings is 1. The van der Waals surface area contributed by atoms with E-state index in [-0.39, 0.29) is 0 Å². The van der Waals surface area contributed by atoms with Crippen LogP contribution in [0.15, 0.2) is 30.3 Å². The Morgan fingerprint density at radius 3 is 2.53 bits per heavy atom. The molecule has 19 heavy (non-hydrogen) atoms. The van der Waals surface area contributed by atoms with Gasteiger partial charge in [0, 0.05) is 10.2 Å². The van der Waals surface area contributed by atoms with Crippen LogP contribution < -0.4 is 0 Å². The fourth-order valence-electron chi connectivity index (χ4n) is 2.01. The molecule has 0 aliphatic carbocycles. The zero-order chi connectivity index (χ0) is 13.9. The van der Waals surface area contributed by atoms with E-state index in [0.717, 1.165) is 31.2 Å². The zero-order valence-corrected chi connectivity index (χ0v) is 14.8. The molecular formula is C16H24Br2O. The highest BCUT2D eigenvalue weighted by Crippen LogP contribution is 2.20. The van der Waals surface area contributed by atoms with Crippen LogP contribution >= 0.6 is 31.9 Å². The minimum Gasteiger partial charge on any atom is -0.374 e. The summed E-state index contributed by atoms with van der Waals surface area (Å²) in [7, 11) is 0.